The van der Waals surface area contributed by atoms with Gasteiger partial charge in [0, 0.05) is 12.7 Å². The van der Waals surface area contributed by atoms with Gasteiger partial charge in [-0.15, -0.1) is 0 Å². The Morgan fingerprint density at radius 3 is 2.44 bits per heavy atom. The lowest BCUT2D eigenvalue weighted by Gasteiger charge is -2.17. The highest BCUT2D eigenvalue weighted by Crippen LogP contribution is 2.21. The first-order chi connectivity index (χ1) is 8.61. The summed E-state index contributed by atoms with van der Waals surface area (Å²) in [6, 6.07) is 13.8. The van der Waals surface area contributed by atoms with Crippen LogP contribution in [0.3, 0.4) is 0 Å². The molecule has 0 aliphatic heterocycles. The molecule has 0 fully saturated rings. The summed E-state index contributed by atoms with van der Waals surface area (Å²) < 4.78 is 14.1. The van der Waals surface area contributed by atoms with E-state index in [2.05, 4.69) is 15.9 Å². The quantitative estimate of drug-likeness (QED) is 0.825. The molecular formula is C14H11BrFNO. The number of carbonyl (C=O) groups excluding carboxylic acids is 1. The molecule has 0 bridgehead atoms. The Kier molecular flexibility index (Phi) is 3.77. The predicted molar refractivity (Wildman–Crippen MR) is 73.3 cm³/mol. The molecule has 2 nitrogen and oxygen atoms in total. The molecule has 2 rings (SSSR count). The van der Waals surface area contributed by atoms with E-state index in [1.165, 1.54) is 11.0 Å². The van der Waals surface area contributed by atoms with Gasteiger partial charge < -0.3 is 4.90 Å². The minimum absolute atomic E-state index is 0.0516. The lowest BCUT2D eigenvalue weighted by molar-refractivity contribution is 0.0989. The van der Waals surface area contributed by atoms with Crippen molar-refractivity contribution in [1.29, 1.82) is 0 Å². The Morgan fingerprint density at radius 1 is 1.11 bits per heavy atom. The molecule has 0 saturated heterocycles. The number of hydrogen-bond donors (Lipinski definition) is 0. The van der Waals surface area contributed by atoms with Crippen LogP contribution in [-0.2, 0) is 0 Å². The van der Waals surface area contributed by atoms with Gasteiger partial charge in [0.25, 0.3) is 5.91 Å². The van der Waals surface area contributed by atoms with Crippen LogP contribution in [-0.4, -0.2) is 13.0 Å². The van der Waals surface area contributed by atoms with Crippen molar-refractivity contribution in [3.8, 4) is 0 Å². The molecule has 0 N–H and O–H groups in total. The van der Waals surface area contributed by atoms with E-state index in [9.17, 15) is 9.18 Å². The number of hydrogen-bond acceptors (Lipinski definition) is 1. The van der Waals surface area contributed by atoms with Crippen molar-refractivity contribution in [2.24, 2.45) is 0 Å². The maximum atomic E-state index is 13.8. The second-order valence-corrected chi connectivity index (χ2v) is 4.66. The molecule has 4 heteroatoms. The van der Waals surface area contributed by atoms with E-state index < -0.39 is 5.82 Å². The third-order valence-electron chi connectivity index (χ3n) is 2.63. The minimum atomic E-state index is -0.537. The Hall–Kier alpha value is -1.68. The fraction of sp³-hybridized carbons (Fsp3) is 0.0714. The average Bonchev–Trinajstić information content (AvgIpc) is 2.41. The maximum Gasteiger partial charge on any atom is 0.261 e. The van der Waals surface area contributed by atoms with Crippen molar-refractivity contribution in [3.05, 3.63) is 64.4 Å². The number of para-hydroxylation sites is 1. The van der Waals surface area contributed by atoms with Crippen molar-refractivity contribution in [3.63, 3.8) is 0 Å². The summed E-state index contributed by atoms with van der Waals surface area (Å²) in [7, 11) is 1.62. The van der Waals surface area contributed by atoms with Gasteiger partial charge in [-0.1, -0.05) is 24.3 Å². The van der Waals surface area contributed by atoms with Gasteiger partial charge in [-0.3, -0.25) is 4.79 Å². The van der Waals surface area contributed by atoms with E-state index in [-0.39, 0.29) is 15.9 Å². The van der Waals surface area contributed by atoms with Gasteiger partial charge in [-0.2, -0.15) is 0 Å². The molecule has 18 heavy (non-hydrogen) atoms. The van der Waals surface area contributed by atoms with E-state index in [4.69, 9.17) is 0 Å². The summed E-state index contributed by atoms with van der Waals surface area (Å²) in [5.41, 5.74) is 0.776. The number of nitrogens with zero attached hydrogens (tertiary/aromatic N) is 1. The van der Waals surface area contributed by atoms with Crippen LogP contribution in [0.1, 0.15) is 10.4 Å². The standard InChI is InChI=1S/C14H11BrFNO/c1-17(10-6-3-2-4-7-10)14(18)11-8-5-9-12(15)13(11)16/h2-9H,1H3. The van der Waals surface area contributed by atoms with Crippen LogP contribution in [0, 0.1) is 5.82 Å². The summed E-state index contributed by atoms with van der Waals surface area (Å²) in [5, 5.41) is 0. The number of halogens is 2. The second-order valence-electron chi connectivity index (χ2n) is 3.80. The average molecular weight is 308 g/mol. The zero-order valence-corrected chi connectivity index (χ0v) is 11.3. The van der Waals surface area contributed by atoms with Gasteiger partial charge in [0.1, 0.15) is 5.82 Å². The SMILES string of the molecule is CN(C(=O)c1cccc(Br)c1F)c1ccccc1. The Bertz CT molecular complexity index is 571. The summed E-state index contributed by atoms with van der Waals surface area (Å²) in [6.07, 6.45) is 0. The van der Waals surface area contributed by atoms with Gasteiger partial charge >= 0.3 is 0 Å². The van der Waals surface area contributed by atoms with E-state index in [0.29, 0.717) is 0 Å². The van der Waals surface area contributed by atoms with E-state index in [1.54, 1.807) is 31.3 Å². The van der Waals surface area contributed by atoms with Crippen LogP contribution in [0.2, 0.25) is 0 Å². The number of carbonyl (C=O) groups is 1. The number of rotatable bonds is 2. The van der Waals surface area contributed by atoms with Crippen LogP contribution in [0.5, 0.6) is 0 Å². The fourth-order valence-corrected chi connectivity index (χ4v) is 1.98. The molecule has 2 aromatic carbocycles. The first-order valence-corrected chi connectivity index (χ1v) is 6.17. The Labute approximate surface area is 113 Å². The smallest absolute Gasteiger partial charge is 0.261 e. The van der Waals surface area contributed by atoms with E-state index in [1.807, 2.05) is 18.2 Å². The number of amides is 1. The van der Waals surface area contributed by atoms with E-state index in [0.717, 1.165) is 5.69 Å². The van der Waals surface area contributed by atoms with Gasteiger partial charge in [-0.05, 0) is 40.2 Å². The van der Waals surface area contributed by atoms with Crippen LogP contribution < -0.4 is 4.90 Å². The number of benzene rings is 2. The number of anilines is 1. The highest BCUT2D eigenvalue weighted by molar-refractivity contribution is 9.10. The van der Waals surface area contributed by atoms with Crippen LogP contribution >= 0.6 is 15.9 Å². The fourth-order valence-electron chi connectivity index (χ4n) is 1.62. The highest BCUT2D eigenvalue weighted by atomic mass is 79.9. The summed E-state index contributed by atoms with van der Waals surface area (Å²) >= 11 is 3.07. The van der Waals surface area contributed by atoms with Crippen LogP contribution in [0.15, 0.2) is 53.0 Å². The molecule has 0 aromatic heterocycles. The summed E-state index contributed by atoms with van der Waals surface area (Å²) in [5.74, 6) is -0.912. The highest BCUT2D eigenvalue weighted by Gasteiger charge is 2.18. The van der Waals surface area contributed by atoms with Gasteiger partial charge in [0.05, 0.1) is 10.0 Å². The lowest BCUT2D eigenvalue weighted by Crippen LogP contribution is -2.27. The summed E-state index contributed by atoms with van der Waals surface area (Å²) in [4.78, 5) is 13.6. The van der Waals surface area contributed by atoms with Gasteiger partial charge in [0.2, 0.25) is 0 Å². The van der Waals surface area contributed by atoms with Crippen molar-refractivity contribution < 1.29 is 9.18 Å². The Balaban J connectivity index is 2.35. The molecule has 0 atom stereocenters. The van der Waals surface area contributed by atoms with Crippen LogP contribution in [0.4, 0.5) is 10.1 Å². The summed E-state index contributed by atoms with van der Waals surface area (Å²) in [6.45, 7) is 0. The van der Waals surface area contributed by atoms with Gasteiger partial charge in [0.15, 0.2) is 0 Å². The van der Waals surface area contributed by atoms with Crippen molar-refractivity contribution in [2.45, 2.75) is 0 Å². The first-order valence-electron chi connectivity index (χ1n) is 5.38. The third kappa shape index (κ3) is 2.43. The molecule has 0 unspecified atom stereocenters. The second kappa shape index (κ2) is 5.31. The molecule has 0 spiro atoms. The lowest BCUT2D eigenvalue weighted by atomic mass is 10.1. The maximum absolute atomic E-state index is 13.8. The molecule has 0 saturated carbocycles. The van der Waals surface area contributed by atoms with Gasteiger partial charge in [-0.25, -0.2) is 4.39 Å². The Morgan fingerprint density at radius 2 is 1.78 bits per heavy atom. The molecule has 0 radical (unpaired) electrons. The van der Waals surface area contributed by atoms with Crippen molar-refractivity contribution in [1.82, 2.24) is 0 Å². The van der Waals surface area contributed by atoms with Crippen molar-refractivity contribution in [2.75, 3.05) is 11.9 Å². The molecular weight excluding hydrogens is 297 g/mol. The molecule has 2 aromatic rings. The predicted octanol–water partition coefficient (Wildman–Crippen LogP) is 3.86. The minimum Gasteiger partial charge on any atom is -0.311 e. The molecule has 0 heterocycles. The normalized spacial score (nSPS) is 10.2. The largest absolute Gasteiger partial charge is 0.311 e. The monoisotopic (exact) mass is 307 g/mol. The molecule has 0 aliphatic rings. The molecule has 0 aliphatic carbocycles. The van der Waals surface area contributed by atoms with E-state index >= 15 is 0 Å². The van der Waals surface area contributed by atoms with Crippen molar-refractivity contribution >= 4 is 27.5 Å². The molecule has 92 valence electrons. The zero-order chi connectivity index (χ0) is 13.1. The van der Waals surface area contributed by atoms with Crippen LogP contribution in [0.25, 0.3) is 0 Å². The first kappa shape index (κ1) is 12.8. The topological polar surface area (TPSA) is 20.3 Å². The zero-order valence-electron chi connectivity index (χ0n) is 9.73. The molecule has 1 amide bonds. The third-order valence-corrected chi connectivity index (χ3v) is 3.24.